The minimum atomic E-state index is -0.821. The van der Waals surface area contributed by atoms with Gasteiger partial charge in [0.2, 0.25) is 0 Å². The molecule has 0 bridgehead atoms. The van der Waals surface area contributed by atoms with E-state index in [1.165, 1.54) is 0 Å². The lowest BCUT2D eigenvalue weighted by atomic mass is 10.1. The van der Waals surface area contributed by atoms with E-state index in [2.05, 4.69) is 9.97 Å². The summed E-state index contributed by atoms with van der Waals surface area (Å²) >= 11 is 12.0. The molecule has 0 unspecified atom stereocenters. The van der Waals surface area contributed by atoms with E-state index in [0.29, 0.717) is 21.3 Å². The number of hydrogen-bond donors (Lipinski definition) is 2. The number of rotatable bonds is 4. The first kappa shape index (κ1) is 17.2. The van der Waals surface area contributed by atoms with Crippen molar-refractivity contribution >= 4 is 39.8 Å². The smallest absolute Gasteiger partial charge is 0.154 e. The van der Waals surface area contributed by atoms with Crippen LogP contribution in [0.25, 0.3) is 16.6 Å². The molecule has 0 aliphatic rings. The lowest BCUT2D eigenvalue weighted by Crippen LogP contribution is -2.16. The van der Waals surface area contributed by atoms with Crippen molar-refractivity contribution in [3.8, 4) is 11.8 Å². The van der Waals surface area contributed by atoms with Crippen molar-refractivity contribution in [2.75, 3.05) is 0 Å². The van der Waals surface area contributed by atoms with Gasteiger partial charge < -0.3 is 14.8 Å². The standard InChI is InChI=1S/C18H13Cl2N3O2/c1-10(25-16-8-11(19)6-7-13(16)20)17(24)12(9-21)18-22-14-4-2-3-5-15(14)23-18/h2-8,10,24H,1H3,(H,22,23)/b17-12-/t10-/m0/s1. The Kier molecular flexibility index (Phi) is 4.84. The summed E-state index contributed by atoms with van der Waals surface area (Å²) in [5.74, 6) is 0.335. The molecule has 0 spiro atoms. The first-order valence-electron chi connectivity index (χ1n) is 7.39. The molecule has 0 fully saturated rings. The van der Waals surface area contributed by atoms with E-state index < -0.39 is 6.10 Å². The number of nitrogens with zero attached hydrogens (tertiary/aromatic N) is 2. The number of nitrogens with one attached hydrogen (secondary N) is 1. The largest absolute Gasteiger partial charge is 0.507 e. The Morgan fingerprint density at radius 2 is 2.04 bits per heavy atom. The summed E-state index contributed by atoms with van der Waals surface area (Å²) in [6, 6.07) is 14.1. The Bertz CT molecular complexity index is 972. The number of aromatic nitrogens is 2. The zero-order valence-corrected chi connectivity index (χ0v) is 14.6. The van der Waals surface area contributed by atoms with Crippen molar-refractivity contribution in [3.63, 3.8) is 0 Å². The number of halogens is 2. The number of nitriles is 1. The average Bonchev–Trinajstić information content (AvgIpc) is 3.02. The lowest BCUT2D eigenvalue weighted by Gasteiger charge is -2.16. The quantitative estimate of drug-likeness (QED) is 0.490. The molecule has 126 valence electrons. The predicted molar refractivity (Wildman–Crippen MR) is 97.8 cm³/mol. The number of H-pyrrole nitrogens is 1. The number of aliphatic hydroxyl groups excluding tert-OH is 1. The average molecular weight is 374 g/mol. The normalized spacial score (nSPS) is 13.2. The van der Waals surface area contributed by atoms with Crippen LogP contribution in [0.1, 0.15) is 12.7 Å². The van der Waals surface area contributed by atoms with E-state index in [1.54, 1.807) is 25.1 Å². The molecule has 25 heavy (non-hydrogen) atoms. The Morgan fingerprint density at radius 3 is 2.76 bits per heavy atom. The third-order valence-corrected chi connectivity index (χ3v) is 4.12. The highest BCUT2D eigenvalue weighted by Crippen LogP contribution is 2.30. The van der Waals surface area contributed by atoms with Gasteiger partial charge in [-0.05, 0) is 31.2 Å². The Labute approximate surface area is 154 Å². The van der Waals surface area contributed by atoms with Crippen molar-refractivity contribution in [1.82, 2.24) is 9.97 Å². The summed E-state index contributed by atoms with van der Waals surface area (Å²) in [5, 5.41) is 20.7. The van der Waals surface area contributed by atoms with Crippen molar-refractivity contribution in [1.29, 1.82) is 5.26 Å². The van der Waals surface area contributed by atoms with Gasteiger partial charge in [0.25, 0.3) is 0 Å². The molecule has 3 rings (SSSR count). The second-order valence-corrected chi connectivity index (χ2v) is 6.15. The summed E-state index contributed by atoms with van der Waals surface area (Å²) in [6.45, 7) is 1.60. The topological polar surface area (TPSA) is 81.9 Å². The first-order valence-corrected chi connectivity index (χ1v) is 8.15. The molecule has 7 heteroatoms. The van der Waals surface area contributed by atoms with Crippen LogP contribution in [0.4, 0.5) is 0 Å². The van der Waals surface area contributed by atoms with Gasteiger partial charge in [0.05, 0.1) is 16.1 Å². The van der Waals surface area contributed by atoms with Gasteiger partial charge in [-0.1, -0.05) is 35.3 Å². The number of benzene rings is 2. The van der Waals surface area contributed by atoms with E-state index in [0.717, 1.165) is 5.52 Å². The molecule has 2 aromatic carbocycles. The summed E-state index contributed by atoms with van der Waals surface area (Å²) in [4.78, 5) is 7.34. The van der Waals surface area contributed by atoms with Crippen LogP contribution in [0.15, 0.2) is 48.2 Å². The molecule has 0 radical (unpaired) electrons. The van der Waals surface area contributed by atoms with Gasteiger partial charge in [-0.25, -0.2) is 4.98 Å². The number of imidazole rings is 1. The van der Waals surface area contributed by atoms with Gasteiger partial charge in [-0.15, -0.1) is 0 Å². The van der Waals surface area contributed by atoms with Crippen LogP contribution in [0.3, 0.4) is 0 Å². The van der Waals surface area contributed by atoms with Crippen LogP contribution >= 0.6 is 23.2 Å². The van der Waals surface area contributed by atoms with Crippen LogP contribution in [-0.4, -0.2) is 21.2 Å². The maximum atomic E-state index is 10.5. The summed E-state index contributed by atoms with van der Waals surface area (Å²) in [5.41, 5.74) is 1.47. The molecule has 0 saturated heterocycles. The number of ether oxygens (including phenoxy) is 1. The van der Waals surface area contributed by atoms with Gasteiger partial charge >= 0.3 is 0 Å². The maximum Gasteiger partial charge on any atom is 0.154 e. The van der Waals surface area contributed by atoms with Gasteiger partial charge in [-0.3, -0.25) is 0 Å². The molecule has 0 aliphatic carbocycles. The Hall–Kier alpha value is -2.68. The van der Waals surface area contributed by atoms with Crippen molar-refractivity contribution in [3.05, 3.63) is 64.1 Å². The van der Waals surface area contributed by atoms with Crippen molar-refractivity contribution < 1.29 is 9.84 Å². The second kappa shape index (κ2) is 7.06. The Morgan fingerprint density at radius 1 is 1.28 bits per heavy atom. The molecule has 0 amide bonds. The van der Waals surface area contributed by atoms with Crippen LogP contribution < -0.4 is 4.74 Å². The Balaban J connectivity index is 1.95. The monoisotopic (exact) mass is 373 g/mol. The number of aromatic amines is 1. The molecular weight excluding hydrogens is 361 g/mol. The highest BCUT2D eigenvalue weighted by atomic mass is 35.5. The van der Waals surface area contributed by atoms with Crippen LogP contribution in [0.5, 0.6) is 5.75 Å². The SMILES string of the molecule is C[C@H](Oc1cc(Cl)ccc1Cl)/C(O)=C(\C#N)c1nc2ccccc2[nH]1. The minimum Gasteiger partial charge on any atom is -0.507 e. The second-order valence-electron chi connectivity index (χ2n) is 5.31. The maximum absolute atomic E-state index is 10.5. The minimum absolute atomic E-state index is 0.00171. The number of aliphatic hydroxyl groups is 1. The van der Waals surface area contributed by atoms with Crippen molar-refractivity contribution in [2.24, 2.45) is 0 Å². The van der Waals surface area contributed by atoms with E-state index in [1.807, 2.05) is 30.3 Å². The molecule has 1 atom stereocenters. The molecular formula is C18H13Cl2N3O2. The van der Waals surface area contributed by atoms with E-state index in [-0.39, 0.29) is 17.2 Å². The molecule has 0 aliphatic heterocycles. The van der Waals surface area contributed by atoms with Gasteiger partial charge in [-0.2, -0.15) is 5.26 Å². The summed E-state index contributed by atoms with van der Waals surface area (Å²) in [6.07, 6.45) is -0.821. The highest BCUT2D eigenvalue weighted by Gasteiger charge is 2.20. The van der Waals surface area contributed by atoms with Crippen LogP contribution in [0, 0.1) is 11.3 Å². The van der Waals surface area contributed by atoms with Crippen LogP contribution in [0.2, 0.25) is 10.0 Å². The fraction of sp³-hybridized carbons (Fsp3) is 0.111. The molecule has 1 heterocycles. The highest BCUT2D eigenvalue weighted by molar-refractivity contribution is 6.34. The third kappa shape index (κ3) is 3.55. The predicted octanol–water partition coefficient (Wildman–Crippen LogP) is 5.13. The zero-order valence-electron chi connectivity index (χ0n) is 13.1. The van der Waals surface area contributed by atoms with Gasteiger partial charge in [0, 0.05) is 11.1 Å². The van der Waals surface area contributed by atoms with E-state index >= 15 is 0 Å². The summed E-state index contributed by atoms with van der Waals surface area (Å²) < 4.78 is 5.65. The van der Waals surface area contributed by atoms with E-state index in [4.69, 9.17) is 27.9 Å². The van der Waals surface area contributed by atoms with Crippen LogP contribution in [-0.2, 0) is 0 Å². The van der Waals surface area contributed by atoms with Gasteiger partial charge in [0.15, 0.2) is 17.7 Å². The molecule has 2 N–H and O–H groups in total. The fourth-order valence-electron chi connectivity index (χ4n) is 2.32. The number of allylic oxidation sites excluding steroid dienone is 1. The fourth-order valence-corrected chi connectivity index (χ4v) is 2.64. The molecule has 3 aromatic rings. The zero-order chi connectivity index (χ0) is 18.0. The molecule has 0 saturated carbocycles. The molecule has 5 nitrogen and oxygen atoms in total. The van der Waals surface area contributed by atoms with Crippen molar-refractivity contribution in [2.45, 2.75) is 13.0 Å². The third-order valence-electron chi connectivity index (χ3n) is 3.58. The number of hydrogen-bond acceptors (Lipinski definition) is 4. The molecule has 1 aromatic heterocycles. The number of para-hydroxylation sites is 2. The number of fused-ring (bicyclic) bond motifs is 1. The van der Waals surface area contributed by atoms with E-state index in [9.17, 15) is 10.4 Å². The summed E-state index contributed by atoms with van der Waals surface area (Å²) in [7, 11) is 0. The van der Waals surface area contributed by atoms with Gasteiger partial charge in [0.1, 0.15) is 17.4 Å². The first-order chi connectivity index (χ1) is 12.0. The lowest BCUT2D eigenvalue weighted by molar-refractivity contribution is 0.193.